The molecule has 3 rings (SSSR count). The first-order chi connectivity index (χ1) is 11.9. The highest BCUT2D eigenvalue weighted by Crippen LogP contribution is 2.19. The molecule has 1 aromatic carbocycles. The molecule has 1 aliphatic heterocycles. The van der Waals surface area contributed by atoms with Crippen LogP contribution in [0.3, 0.4) is 0 Å². The minimum atomic E-state index is -0.529. The Morgan fingerprint density at radius 3 is 2.84 bits per heavy atom. The molecular formula is C16H19ClN4O4. The van der Waals surface area contributed by atoms with Gasteiger partial charge in [-0.1, -0.05) is 11.6 Å². The van der Waals surface area contributed by atoms with Gasteiger partial charge in [0.2, 0.25) is 11.8 Å². The smallest absolute Gasteiger partial charge is 0.408 e. The molecule has 9 heteroatoms. The van der Waals surface area contributed by atoms with Crippen molar-refractivity contribution in [1.29, 1.82) is 0 Å². The molecule has 0 saturated carbocycles. The molecule has 0 bridgehead atoms. The lowest BCUT2D eigenvalue weighted by atomic mass is 10.1. The van der Waals surface area contributed by atoms with Crippen LogP contribution in [0.1, 0.15) is 6.42 Å². The van der Waals surface area contributed by atoms with Gasteiger partial charge in [0.15, 0.2) is 5.58 Å². The van der Waals surface area contributed by atoms with Gasteiger partial charge in [0, 0.05) is 43.7 Å². The number of rotatable bonds is 4. The number of hydrogen-bond acceptors (Lipinski definition) is 5. The van der Waals surface area contributed by atoms with E-state index in [1.165, 1.54) is 4.57 Å². The number of nitrogens with two attached hydrogens (primary N) is 1. The summed E-state index contributed by atoms with van der Waals surface area (Å²) in [6.45, 7) is 1.56. The zero-order chi connectivity index (χ0) is 18.1. The van der Waals surface area contributed by atoms with Crippen LogP contribution in [-0.4, -0.2) is 58.9 Å². The fourth-order valence-corrected chi connectivity index (χ4v) is 3.19. The van der Waals surface area contributed by atoms with Crippen molar-refractivity contribution < 1.29 is 14.0 Å². The van der Waals surface area contributed by atoms with Gasteiger partial charge in [0.05, 0.1) is 5.52 Å². The second kappa shape index (κ2) is 6.89. The average molecular weight is 367 g/mol. The molecule has 1 saturated heterocycles. The van der Waals surface area contributed by atoms with Crippen molar-refractivity contribution in [2.45, 2.75) is 19.0 Å². The number of halogens is 1. The number of hydrogen-bond donors (Lipinski definition) is 1. The van der Waals surface area contributed by atoms with Crippen LogP contribution in [-0.2, 0) is 16.1 Å². The number of oxazole rings is 1. The minimum Gasteiger partial charge on any atom is -0.408 e. The van der Waals surface area contributed by atoms with Crippen molar-refractivity contribution in [3.8, 4) is 0 Å². The van der Waals surface area contributed by atoms with Crippen molar-refractivity contribution in [2.24, 2.45) is 5.73 Å². The standard InChI is InChI=1S/C16H19ClN4O4/c1-19-6-7-20(9-12(19)15(18)23)14(22)4-5-21-11-3-2-10(17)8-13(11)25-16(21)24/h2-3,8,12H,4-7,9H2,1H3,(H2,18,23). The Morgan fingerprint density at radius 2 is 2.12 bits per heavy atom. The van der Waals surface area contributed by atoms with E-state index < -0.39 is 17.7 Å². The predicted molar refractivity (Wildman–Crippen MR) is 92.3 cm³/mol. The molecule has 1 atom stereocenters. The van der Waals surface area contributed by atoms with Crippen LogP contribution >= 0.6 is 11.6 Å². The molecule has 0 spiro atoms. The number of aryl methyl sites for hydroxylation is 1. The summed E-state index contributed by atoms with van der Waals surface area (Å²) in [6.07, 6.45) is 0.131. The lowest BCUT2D eigenvalue weighted by molar-refractivity contribution is -0.136. The number of carbonyl (C=O) groups excluding carboxylic acids is 2. The lowest BCUT2D eigenvalue weighted by Gasteiger charge is -2.37. The zero-order valence-electron chi connectivity index (χ0n) is 13.8. The largest absolute Gasteiger partial charge is 0.419 e. The molecule has 134 valence electrons. The summed E-state index contributed by atoms with van der Waals surface area (Å²) in [5.41, 5.74) is 6.36. The Morgan fingerprint density at radius 1 is 1.36 bits per heavy atom. The van der Waals surface area contributed by atoms with Crippen molar-refractivity contribution >= 4 is 34.5 Å². The predicted octanol–water partition coefficient (Wildman–Crippen LogP) is 0.266. The maximum atomic E-state index is 12.5. The molecule has 2 N–H and O–H groups in total. The first-order valence-electron chi connectivity index (χ1n) is 7.93. The molecule has 2 amide bonds. The SMILES string of the molecule is CN1CCN(C(=O)CCn2c(=O)oc3cc(Cl)ccc32)CC1C(N)=O. The van der Waals surface area contributed by atoms with E-state index in [0.29, 0.717) is 29.2 Å². The first kappa shape index (κ1) is 17.5. The number of likely N-dealkylation sites (N-methyl/N-ethyl adjacent to an activating group) is 1. The van der Waals surface area contributed by atoms with E-state index in [1.54, 1.807) is 30.1 Å². The third-order valence-electron chi connectivity index (χ3n) is 4.51. The number of aromatic nitrogens is 1. The number of amides is 2. The third-order valence-corrected chi connectivity index (χ3v) is 4.74. The monoisotopic (exact) mass is 366 g/mol. The summed E-state index contributed by atoms with van der Waals surface area (Å²) in [7, 11) is 1.81. The van der Waals surface area contributed by atoms with E-state index in [2.05, 4.69) is 0 Å². The molecule has 25 heavy (non-hydrogen) atoms. The van der Waals surface area contributed by atoms with Gasteiger partial charge in [-0.25, -0.2) is 4.79 Å². The van der Waals surface area contributed by atoms with Gasteiger partial charge in [-0.3, -0.25) is 19.1 Å². The van der Waals surface area contributed by atoms with E-state index in [1.807, 2.05) is 4.90 Å². The summed E-state index contributed by atoms with van der Waals surface area (Å²) >= 11 is 5.89. The Kier molecular flexibility index (Phi) is 4.82. The van der Waals surface area contributed by atoms with Crippen LogP contribution in [0.4, 0.5) is 0 Å². The Labute approximate surface area is 148 Å². The fraction of sp³-hybridized carbons (Fsp3) is 0.438. The van der Waals surface area contributed by atoms with Crippen molar-refractivity contribution in [3.63, 3.8) is 0 Å². The summed E-state index contributed by atoms with van der Waals surface area (Å²) in [5.74, 6) is -1.11. The normalized spacial score (nSPS) is 18.6. The fourth-order valence-electron chi connectivity index (χ4n) is 3.02. The Bertz CT molecular complexity index is 875. The molecule has 0 radical (unpaired) electrons. The molecule has 2 aromatic rings. The van der Waals surface area contributed by atoms with Crippen LogP contribution in [0.2, 0.25) is 5.02 Å². The maximum Gasteiger partial charge on any atom is 0.419 e. The van der Waals surface area contributed by atoms with E-state index in [-0.39, 0.29) is 25.4 Å². The second-order valence-electron chi connectivity index (χ2n) is 6.12. The number of piperazine rings is 1. The van der Waals surface area contributed by atoms with Crippen LogP contribution in [0.15, 0.2) is 27.4 Å². The Hall–Kier alpha value is -2.32. The van der Waals surface area contributed by atoms with E-state index in [9.17, 15) is 14.4 Å². The van der Waals surface area contributed by atoms with Gasteiger partial charge in [0.1, 0.15) is 6.04 Å². The number of primary amides is 1. The summed E-state index contributed by atoms with van der Waals surface area (Å²) in [4.78, 5) is 39.4. The third kappa shape index (κ3) is 3.54. The summed E-state index contributed by atoms with van der Waals surface area (Å²) in [6, 6.07) is 4.42. The summed E-state index contributed by atoms with van der Waals surface area (Å²) in [5, 5.41) is 0.472. The van der Waals surface area contributed by atoms with Crippen LogP contribution in [0.5, 0.6) is 0 Å². The van der Waals surface area contributed by atoms with Crippen molar-refractivity contribution in [2.75, 3.05) is 26.7 Å². The highest BCUT2D eigenvalue weighted by atomic mass is 35.5. The second-order valence-corrected chi connectivity index (χ2v) is 6.56. The minimum absolute atomic E-state index is 0.130. The van der Waals surface area contributed by atoms with E-state index in [0.717, 1.165) is 0 Å². The molecule has 2 heterocycles. The van der Waals surface area contributed by atoms with Gasteiger partial charge >= 0.3 is 5.76 Å². The average Bonchev–Trinajstić information content (AvgIpc) is 2.87. The maximum absolute atomic E-state index is 12.5. The van der Waals surface area contributed by atoms with Gasteiger partial charge < -0.3 is 15.1 Å². The van der Waals surface area contributed by atoms with Crippen LogP contribution < -0.4 is 11.5 Å². The van der Waals surface area contributed by atoms with Gasteiger partial charge in [-0.2, -0.15) is 0 Å². The molecule has 1 fully saturated rings. The molecule has 1 unspecified atom stereocenters. The van der Waals surface area contributed by atoms with E-state index in [4.69, 9.17) is 21.8 Å². The number of fused-ring (bicyclic) bond motifs is 1. The molecule has 1 aromatic heterocycles. The first-order valence-corrected chi connectivity index (χ1v) is 8.31. The lowest BCUT2D eigenvalue weighted by Crippen LogP contribution is -2.58. The van der Waals surface area contributed by atoms with E-state index >= 15 is 0 Å². The highest BCUT2D eigenvalue weighted by molar-refractivity contribution is 6.31. The van der Waals surface area contributed by atoms with Crippen molar-refractivity contribution in [3.05, 3.63) is 33.8 Å². The highest BCUT2D eigenvalue weighted by Gasteiger charge is 2.30. The molecule has 1 aliphatic rings. The summed E-state index contributed by atoms with van der Waals surface area (Å²) < 4.78 is 6.56. The molecular weight excluding hydrogens is 348 g/mol. The number of carbonyl (C=O) groups is 2. The number of benzene rings is 1. The molecule has 0 aliphatic carbocycles. The van der Waals surface area contributed by atoms with Gasteiger partial charge in [-0.05, 0) is 19.2 Å². The topological polar surface area (TPSA) is 102 Å². The van der Waals surface area contributed by atoms with Gasteiger partial charge in [-0.15, -0.1) is 0 Å². The van der Waals surface area contributed by atoms with Crippen LogP contribution in [0.25, 0.3) is 11.1 Å². The quantitative estimate of drug-likeness (QED) is 0.836. The van der Waals surface area contributed by atoms with Gasteiger partial charge in [0.25, 0.3) is 0 Å². The zero-order valence-corrected chi connectivity index (χ0v) is 14.5. The Balaban J connectivity index is 1.70. The van der Waals surface area contributed by atoms with Crippen molar-refractivity contribution in [1.82, 2.24) is 14.4 Å². The van der Waals surface area contributed by atoms with Crippen LogP contribution in [0, 0.1) is 0 Å². The molecule has 8 nitrogen and oxygen atoms in total. The number of nitrogens with zero attached hydrogens (tertiary/aromatic N) is 3.